The second-order valence-electron chi connectivity index (χ2n) is 3.55. The highest BCUT2D eigenvalue weighted by atomic mass is 127. The van der Waals surface area contributed by atoms with Crippen molar-refractivity contribution in [3.63, 3.8) is 0 Å². The lowest BCUT2D eigenvalue weighted by atomic mass is 9.97. The van der Waals surface area contributed by atoms with Gasteiger partial charge in [-0.2, -0.15) is 0 Å². The van der Waals surface area contributed by atoms with Crippen LogP contribution in [0.3, 0.4) is 0 Å². The Balaban J connectivity index is 2.21. The van der Waals surface area contributed by atoms with E-state index in [-0.39, 0.29) is 11.7 Å². The van der Waals surface area contributed by atoms with Crippen molar-refractivity contribution in [3.8, 4) is 0 Å². The van der Waals surface area contributed by atoms with Gasteiger partial charge in [-0.1, -0.05) is 17.7 Å². The number of hydrogen-bond donors (Lipinski definition) is 0. The molecule has 0 saturated carbocycles. The third kappa shape index (κ3) is 2.52. The number of benzene rings is 1. The molecular formula is C11H10ClIO2. The quantitative estimate of drug-likeness (QED) is 0.612. The molecule has 1 heterocycles. The maximum absolute atomic E-state index is 12.0. The average Bonchev–Trinajstić information content (AvgIpc) is 2.74. The molecule has 4 heteroatoms. The van der Waals surface area contributed by atoms with E-state index < -0.39 is 0 Å². The molecule has 0 aromatic heterocycles. The summed E-state index contributed by atoms with van der Waals surface area (Å²) < 4.78 is 6.16. The summed E-state index contributed by atoms with van der Waals surface area (Å²) in [6, 6.07) is 5.43. The van der Waals surface area contributed by atoms with Gasteiger partial charge in [-0.05, 0) is 41.1 Å². The van der Waals surface area contributed by atoms with Gasteiger partial charge in [0.1, 0.15) is 0 Å². The normalized spacial score (nSPS) is 20.5. The molecular weight excluding hydrogens is 326 g/mol. The number of carbonyl (C=O) groups excluding carboxylic acids is 1. The Morgan fingerprint density at radius 3 is 2.93 bits per heavy atom. The summed E-state index contributed by atoms with van der Waals surface area (Å²) in [7, 11) is 0. The second kappa shape index (κ2) is 4.80. The van der Waals surface area contributed by atoms with Gasteiger partial charge in [-0.25, -0.2) is 0 Å². The molecule has 0 bridgehead atoms. The van der Waals surface area contributed by atoms with Gasteiger partial charge in [-0.3, -0.25) is 4.79 Å². The topological polar surface area (TPSA) is 26.3 Å². The van der Waals surface area contributed by atoms with E-state index in [1.165, 1.54) is 0 Å². The zero-order chi connectivity index (χ0) is 10.8. The minimum absolute atomic E-state index is 0.0149. The first-order chi connectivity index (χ1) is 7.18. The highest BCUT2D eigenvalue weighted by molar-refractivity contribution is 14.1. The van der Waals surface area contributed by atoms with Crippen molar-refractivity contribution < 1.29 is 9.53 Å². The van der Waals surface area contributed by atoms with E-state index >= 15 is 0 Å². The molecule has 1 fully saturated rings. The summed E-state index contributed by atoms with van der Waals surface area (Å²) in [5, 5.41) is 0.639. The summed E-state index contributed by atoms with van der Waals surface area (Å²) >= 11 is 8.12. The Morgan fingerprint density at radius 2 is 2.33 bits per heavy atom. The van der Waals surface area contributed by atoms with Crippen LogP contribution in [0.5, 0.6) is 0 Å². The number of halogens is 2. The summed E-state index contributed by atoms with van der Waals surface area (Å²) in [6.07, 6.45) is 0.822. The fraction of sp³-hybridized carbons (Fsp3) is 0.364. The SMILES string of the molecule is O=C(c1ccc(I)c(Cl)c1)C1CCOC1. The van der Waals surface area contributed by atoms with E-state index in [0.29, 0.717) is 23.8 Å². The first-order valence-electron chi connectivity index (χ1n) is 4.75. The molecule has 1 aliphatic heterocycles. The molecule has 2 nitrogen and oxygen atoms in total. The van der Waals surface area contributed by atoms with Crippen molar-refractivity contribution in [1.29, 1.82) is 0 Å². The fourth-order valence-corrected chi connectivity index (χ4v) is 2.14. The van der Waals surface area contributed by atoms with Crippen LogP contribution in [0.25, 0.3) is 0 Å². The second-order valence-corrected chi connectivity index (χ2v) is 5.12. The standard InChI is InChI=1S/C11H10ClIO2/c12-9-5-7(1-2-10(9)13)11(14)8-3-4-15-6-8/h1-2,5,8H,3-4,6H2. The number of Topliss-reactive ketones (excluding diaryl/α,β-unsaturated/α-hetero) is 1. The predicted molar refractivity (Wildman–Crippen MR) is 67.4 cm³/mol. The zero-order valence-corrected chi connectivity index (χ0v) is 10.9. The van der Waals surface area contributed by atoms with Crippen LogP contribution in [0, 0.1) is 9.49 Å². The fourth-order valence-electron chi connectivity index (χ4n) is 1.63. The molecule has 1 aliphatic rings. The molecule has 1 aromatic rings. The van der Waals surface area contributed by atoms with Gasteiger partial charge >= 0.3 is 0 Å². The number of hydrogen-bond acceptors (Lipinski definition) is 2. The first kappa shape index (κ1) is 11.4. The monoisotopic (exact) mass is 336 g/mol. The summed E-state index contributed by atoms with van der Waals surface area (Å²) in [5.74, 6) is 0.159. The third-order valence-electron chi connectivity index (χ3n) is 2.50. The Hall–Kier alpha value is -0.130. The van der Waals surface area contributed by atoms with Crippen LogP contribution >= 0.6 is 34.2 Å². The molecule has 1 aromatic carbocycles. The number of carbonyl (C=O) groups is 1. The average molecular weight is 337 g/mol. The molecule has 0 N–H and O–H groups in total. The lowest BCUT2D eigenvalue weighted by Crippen LogP contribution is -2.14. The van der Waals surface area contributed by atoms with Gasteiger partial charge in [0.25, 0.3) is 0 Å². The highest BCUT2D eigenvalue weighted by Crippen LogP contribution is 2.23. The summed E-state index contributed by atoms with van der Waals surface area (Å²) in [6.45, 7) is 1.23. The molecule has 1 atom stereocenters. The number of ether oxygens (including phenoxy) is 1. The van der Waals surface area contributed by atoms with Crippen molar-refractivity contribution in [2.75, 3.05) is 13.2 Å². The summed E-state index contributed by atoms with van der Waals surface area (Å²) in [4.78, 5) is 12.0. The third-order valence-corrected chi connectivity index (χ3v) is 4.08. The van der Waals surface area contributed by atoms with Crippen LogP contribution in [0.15, 0.2) is 18.2 Å². The predicted octanol–water partition coefficient (Wildman–Crippen LogP) is 3.16. The van der Waals surface area contributed by atoms with E-state index in [1.54, 1.807) is 6.07 Å². The Kier molecular flexibility index (Phi) is 3.64. The van der Waals surface area contributed by atoms with Gasteiger partial charge < -0.3 is 4.74 Å². The van der Waals surface area contributed by atoms with E-state index in [0.717, 1.165) is 9.99 Å². The molecule has 1 unspecified atom stereocenters. The Bertz CT molecular complexity index is 386. The van der Waals surface area contributed by atoms with Crippen molar-refractivity contribution in [3.05, 3.63) is 32.4 Å². The van der Waals surface area contributed by atoms with Crippen LogP contribution in [-0.4, -0.2) is 19.0 Å². The van der Waals surface area contributed by atoms with Crippen LogP contribution in [0.1, 0.15) is 16.8 Å². The highest BCUT2D eigenvalue weighted by Gasteiger charge is 2.24. The lowest BCUT2D eigenvalue weighted by molar-refractivity contribution is 0.0900. The van der Waals surface area contributed by atoms with Crippen LogP contribution in [-0.2, 0) is 4.74 Å². The van der Waals surface area contributed by atoms with Crippen molar-refractivity contribution >= 4 is 40.0 Å². The van der Waals surface area contributed by atoms with Crippen molar-refractivity contribution in [2.24, 2.45) is 5.92 Å². The zero-order valence-electron chi connectivity index (χ0n) is 8.00. The van der Waals surface area contributed by atoms with Crippen LogP contribution in [0.4, 0.5) is 0 Å². The first-order valence-corrected chi connectivity index (χ1v) is 6.21. The molecule has 15 heavy (non-hydrogen) atoms. The van der Waals surface area contributed by atoms with E-state index in [9.17, 15) is 4.79 Å². The van der Waals surface area contributed by atoms with E-state index in [4.69, 9.17) is 16.3 Å². The number of ketones is 1. The van der Waals surface area contributed by atoms with E-state index in [2.05, 4.69) is 22.6 Å². The van der Waals surface area contributed by atoms with Crippen molar-refractivity contribution in [2.45, 2.75) is 6.42 Å². The minimum Gasteiger partial charge on any atom is -0.381 e. The Morgan fingerprint density at radius 1 is 1.53 bits per heavy atom. The maximum atomic E-state index is 12.0. The molecule has 2 rings (SSSR count). The van der Waals surface area contributed by atoms with Crippen molar-refractivity contribution in [1.82, 2.24) is 0 Å². The van der Waals surface area contributed by atoms with Crippen LogP contribution in [0.2, 0.25) is 5.02 Å². The largest absolute Gasteiger partial charge is 0.381 e. The van der Waals surface area contributed by atoms with Gasteiger partial charge in [0, 0.05) is 21.7 Å². The number of rotatable bonds is 2. The van der Waals surface area contributed by atoms with Gasteiger partial charge in [-0.15, -0.1) is 0 Å². The Labute approximate surface area is 107 Å². The molecule has 1 saturated heterocycles. The molecule has 0 aliphatic carbocycles. The van der Waals surface area contributed by atoms with Crippen LogP contribution < -0.4 is 0 Å². The van der Waals surface area contributed by atoms with E-state index in [1.807, 2.05) is 12.1 Å². The molecule has 0 amide bonds. The van der Waals surface area contributed by atoms with Gasteiger partial charge in [0.15, 0.2) is 5.78 Å². The molecule has 0 radical (unpaired) electrons. The van der Waals surface area contributed by atoms with Gasteiger partial charge in [0.2, 0.25) is 0 Å². The minimum atomic E-state index is 0.0149. The van der Waals surface area contributed by atoms with Gasteiger partial charge in [0.05, 0.1) is 11.6 Å². The lowest BCUT2D eigenvalue weighted by Gasteiger charge is -2.07. The smallest absolute Gasteiger partial charge is 0.168 e. The maximum Gasteiger partial charge on any atom is 0.168 e. The molecule has 80 valence electrons. The summed E-state index contributed by atoms with van der Waals surface area (Å²) in [5.41, 5.74) is 0.691. The molecule has 0 spiro atoms.